The van der Waals surface area contributed by atoms with Gasteiger partial charge in [0.1, 0.15) is 6.04 Å². The van der Waals surface area contributed by atoms with Crippen LogP contribution in [0.5, 0.6) is 0 Å². The summed E-state index contributed by atoms with van der Waals surface area (Å²) in [5.74, 6) is 0.0471. The third-order valence-electron chi connectivity index (χ3n) is 2.56. The van der Waals surface area contributed by atoms with E-state index in [-0.39, 0.29) is 18.4 Å². The molecule has 0 radical (unpaired) electrons. The van der Waals surface area contributed by atoms with Gasteiger partial charge in [-0.05, 0) is 18.2 Å². The minimum Gasteiger partial charge on any atom is -0.383 e. The molecule has 19 heavy (non-hydrogen) atoms. The van der Waals surface area contributed by atoms with E-state index in [4.69, 9.17) is 10.5 Å². The van der Waals surface area contributed by atoms with Gasteiger partial charge in [0.2, 0.25) is 11.8 Å². The highest BCUT2D eigenvalue weighted by Gasteiger charge is 2.17. The summed E-state index contributed by atoms with van der Waals surface area (Å²) in [6, 6.07) is 4.64. The number of anilines is 2. The molecule has 0 bridgehead atoms. The van der Waals surface area contributed by atoms with Crippen molar-refractivity contribution in [3.05, 3.63) is 18.2 Å². The number of hydrogen-bond donors (Lipinski definition) is 3. The Morgan fingerprint density at radius 1 is 1.63 bits per heavy atom. The highest BCUT2D eigenvalue weighted by molar-refractivity contribution is 8.00. The fraction of sp³-hybridized carbons (Fsp3) is 0.333. The van der Waals surface area contributed by atoms with E-state index < -0.39 is 6.04 Å². The van der Waals surface area contributed by atoms with Gasteiger partial charge < -0.3 is 21.1 Å². The number of rotatable bonds is 4. The van der Waals surface area contributed by atoms with Gasteiger partial charge in [-0.2, -0.15) is 0 Å². The van der Waals surface area contributed by atoms with Crippen LogP contribution >= 0.6 is 11.8 Å². The normalized spacial score (nSPS) is 15.4. The van der Waals surface area contributed by atoms with E-state index in [1.807, 2.05) is 6.07 Å². The second-order valence-corrected chi connectivity index (χ2v) is 5.12. The Balaban J connectivity index is 2.08. The zero-order valence-electron chi connectivity index (χ0n) is 10.4. The molecule has 4 N–H and O–H groups in total. The van der Waals surface area contributed by atoms with Crippen LogP contribution < -0.4 is 16.4 Å². The molecule has 0 fully saturated rings. The standard InChI is InChI=1S/C12H15N3O3S/c1-18-5-8(13)12(17)14-7-2-3-10-9(4-7)15-11(16)6-19-10/h2-4,8H,5-6,13H2,1H3,(H,14,17)(H,15,16). The van der Waals surface area contributed by atoms with Crippen LogP contribution in [0.25, 0.3) is 0 Å². The van der Waals surface area contributed by atoms with Crippen LogP contribution in [0.3, 0.4) is 0 Å². The van der Waals surface area contributed by atoms with Crippen LogP contribution in [0, 0.1) is 0 Å². The summed E-state index contributed by atoms with van der Waals surface area (Å²) >= 11 is 1.47. The lowest BCUT2D eigenvalue weighted by molar-refractivity contribution is -0.118. The predicted molar refractivity (Wildman–Crippen MR) is 74.3 cm³/mol. The lowest BCUT2D eigenvalue weighted by Gasteiger charge is -2.18. The van der Waals surface area contributed by atoms with Gasteiger partial charge >= 0.3 is 0 Å². The molecule has 1 aromatic rings. The number of benzene rings is 1. The van der Waals surface area contributed by atoms with Crippen molar-refractivity contribution in [2.45, 2.75) is 10.9 Å². The third kappa shape index (κ3) is 3.46. The number of hydrogen-bond acceptors (Lipinski definition) is 5. The number of amides is 2. The molecule has 2 amide bonds. The molecule has 2 rings (SSSR count). The Hall–Kier alpha value is -1.57. The zero-order chi connectivity index (χ0) is 13.8. The Morgan fingerprint density at radius 2 is 2.42 bits per heavy atom. The van der Waals surface area contributed by atoms with E-state index >= 15 is 0 Å². The van der Waals surface area contributed by atoms with E-state index in [0.29, 0.717) is 17.1 Å². The van der Waals surface area contributed by atoms with Crippen molar-refractivity contribution in [2.75, 3.05) is 30.1 Å². The summed E-state index contributed by atoms with van der Waals surface area (Å²) in [5, 5.41) is 5.45. The van der Waals surface area contributed by atoms with Gasteiger partial charge in [0.15, 0.2) is 0 Å². The second kappa shape index (κ2) is 6.05. The van der Waals surface area contributed by atoms with Crippen molar-refractivity contribution < 1.29 is 14.3 Å². The third-order valence-corrected chi connectivity index (χ3v) is 3.64. The Bertz CT molecular complexity index is 507. The molecule has 0 aromatic heterocycles. The van der Waals surface area contributed by atoms with Gasteiger partial charge in [-0.1, -0.05) is 0 Å². The van der Waals surface area contributed by atoms with E-state index in [1.54, 1.807) is 12.1 Å². The summed E-state index contributed by atoms with van der Waals surface area (Å²) in [4.78, 5) is 24.0. The average Bonchev–Trinajstić information content (AvgIpc) is 2.38. The number of carbonyl (C=O) groups excluding carboxylic acids is 2. The van der Waals surface area contributed by atoms with Crippen molar-refractivity contribution in [3.8, 4) is 0 Å². The van der Waals surface area contributed by atoms with Crippen molar-refractivity contribution >= 4 is 35.0 Å². The molecule has 1 unspecified atom stereocenters. The molecule has 1 aromatic carbocycles. The molecule has 0 saturated heterocycles. The van der Waals surface area contributed by atoms with E-state index in [9.17, 15) is 9.59 Å². The maximum Gasteiger partial charge on any atom is 0.243 e. The van der Waals surface area contributed by atoms with Crippen LogP contribution in [0.15, 0.2) is 23.1 Å². The van der Waals surface area contributed by atoms with Gasteiger partial charge in [-0.25, -0.2) is 0 Å². The van der Waals surface area contributed by atoms with Crippen molar-refractivity contribution in [1.29, 1.82) is 0 Å². The molecule has 0 spiro atoms. The zero-order valence-corrected chi connectivity index (χ0v) is 11.3. The number of nitrogens with one attached hydrogen (secondary N) is 2. The lowest BCUT2D eigenvalue weighted by Crippen LogP contribution is -2.39. The van der Waals surface area contributed by atoms with Gasteiger partial charge in [0, 0.05) is 17.7 Å². The van der Waals surface area contributed by atoms with Crippen molar-refractivity contribution in [3.63, 3.8) is 0 Å². The maximum absolute atomic E-state index is 11.7. The molecule has 1 aliphatic heterocycles. The molecule has 0 saturated carbocycles. The van der Waals surface area contributed by atoms with Crippen molar-refractivity contribution in [1.82, 2.24) is 0 Å². The number of methoxy groups -OCH3 is 1. The predicted octanol–water partition coefficient (Wildman–Crippen LogP) is 0.643. The molecular weight excluding hydrogens is 266 g/mol. The Labute approximate surface area is 115 Å². The second-order valence-electron chi connectivity index (χ2n) is 4.10. The average molecular weight is 281 g/mol. The van der Waals surface area contributed by atoms with Crippen LogP contribution in [0.4, 0.5) is 11.4 Å². The number of thioether (sulfide) groups is 1. The molecular formula is C12H15N3O3S. The fourth-order valence-electron chi connectivity index (χ4n) is 1.65. The van der Waals surface area contributed by atoms with Gasteiger partial charge in [0.25, 0.3) is 0 Å². The first-order valence-corrected chi connectivity index (χ1v) is 6.71. The lowest BCUT2D eigenvalue weighted by atomic mass is 10.2. The summed E-state index contributed by atoms with van der Waals surface area (Å²) in [7, 11) is 1.48. The number of fused-ring (bicyclic) bond motifs is 1. The number of carbonyl (C=O) groups is 2. The molecule has 1 aliphatic rings. The Kier molecular flexibility index (Phi) is 4.41. The highest BCUT2D eigenvalue weighted by atomic mass is 32.2. The maximum atomic E-state index is 11.7. The first kappa shape index (κ1) is 13.9. The summed E-state index contributed by atoms with van der Waals surface area (Å²) < 4.78 is 4.82. The van der Waals surface area contributed by atoms with E-state index in [2.05, 4.69) is 10.6 Å². The fourth-order valence-corrected chi connectivity index (χ4v) is 2.44. The van der Waals surface area contributed by atoms with Gasteiger partial charge in [-0.15, -0.1) is 11.8 Å². The monoisotopic (exact) mass is 281 g/mol. The largest absolute Gasteiger partial charge is 0.383 e. The molecule has 1 atom stereocenters. The molecule has 1 heterocycles. The van der Waals surface area contributed by atoms with Crippen LogP contribution in [0.2, 0.25) is 0 Å². The van der Waals surface area contributed by atoms with Crippen LogP contribution in [-0.2, 0) is 14.3 Å². The summed E-state index contributed by atoms with van der Waals surface area (Å²) in [5.41, 5.74) is 6.93. The molecule has 102 valence electrons. The van der Waals surface area contributed by atoms with Crippen molar-refractivity contribution in [2.24, 2.45) is 5.73 Å². The highest BCUT2D eigenvalue weighted by Crippen LogP contribution is 2.33. The topological polar surface area (TPSA) is 93.4 Å². The van der Waals surface area contributed by atoms with Gasteiger partial charge in [0.05, 0.1) is 18.0 Å². The van der Waals surface area contributed by atoms with Crippen LogP contribution in [0.1, 0.15) is 0 Å². The summed E-state index contributed by atoms with van der Waals surface area (Å²) in [6.45, 7) is 0.156. The summed E-state index contributed by atoms with van der Waals surface area (Å²) in [6.07, 6.45) is 0. The molecule has 0 aliphatic carbocycles. The molecule has 6 nitrogen and oxygen atoms in total. The SMILES string of the molecule is COCC(N)C(=O)Nc1ccc2c(c1)NC(=O)CS2. The molecule has 7 heteroatoms. The first-order valence-electron chi connectivity index (χ1n) is 5.72. The Morgan fingerprint density at radius 3 is 3.16 bits per heavy atom. The number of nitrogens with two attached hydrogens (primary N) is 1. The quantitative estimate of drug-likeness (QED) is 0.753. The van der Waals surface area contributed by atoms with E-state index in [1.165, 1.54) is 18.9 Å². The number of ether oxygens (including phenoxy) is 1. The minimum atomic E-state index is -0.718. The first-order chi connectivity index (χ1) is 9.10. The smallest absolute Gasteiger partial charge is 0.243 e. The van der Waals surface area contributed by atoms with Gasteiger partial charge in [-0.3, -0.25) is 9.59 Å². The van der Waals surface area contributed by atoms with E-state index in [0.717, 1.165) is 4.90 Å². The minimum absolute atomic E-state index is 0.0444. The van der Waals surface area contributed by atoms with Crippen LogP contribution in [-0.4, -0.2) is 37.3 Å².